The van der Waals surface area contributed by atoms with E-state index in [1.807, 2.05) is 0 Å². The van der Waals surface area contributed by atoms with Gasteiger partial charge in [0.15, 0.2) is 6.23 Å². The van der Waals surface area contributed by atoms with Gasteiger partial charge >= 0.3 is 0 Å². The fraction of sp³-hybridized carbons (Fsp3) is 0.875. The molecule has 0 aromatic carbocycles. The predicted molar refractivity (Wildman–Crippen MR) is 52.6 cm³/mol. The van der Waals surface area contributed by atoms with E-state index in [0.29, 0.717) is 0 Å². The van der Waals surface area contributed by atoms with Crippen LogP contribution in [0.4, 0.5) is 0 Å². The lowest BCUT2D eigenvalue weighted by atomic mass is 9.98. The first-order valence-corrected chi connectivity index (χ1v) is 5.20. The number of aliphatic hydroxyl groups excluding tert-OH is 4. The van der Waals surface area contributed by atoms with E-state index in [0.717, 1.165) is 0 Å². The molecule has 7 nitrogen and oxygen atoms in total. The Bertz CT molecular complexity index is 251. The SMILES string of the molecule is O=C(CCl)N[C@H]1O[C@H](CO)[C@@H](O)[C@H](O)[C@H]1O. The monoisotopic (exact) mass is 255 g/mol. The molecule has 0 spiro atoms. The molecule has 5 atom stereocenters. The zero-order valence-corrected chi connectivity index (χ0v) is 9.04. The van der Waals surface area contributed by atoms with Crippen molar-refractivity contribution in [2.45, 2.75) is 30.6 Å². The Kier molecular flexibility index (Phi) is 4.90. The van der Waals surface area contributed by atoms with Gasteiger partial charge in [-0.05, 0) is 0 Å². The Morgan fingerprint density at radius 3 is 2.38 bits per heavy atom. The van der Waals surface area contributed by atoms with Crippen LogP contribution in [-0.4, -0.2) is 69.5 Å². The molecule has 1 saturated heterocycles. The molecule has 1 heterocycles. The summed E-state index contributed by atoms with van der Waals surface area (Å²) in [5.41, 5.74) is 0. The van der Waals surface area contributed by atoms with Crippen LogP contribution in [0.15, 0.2) is 0 Å². The maximum absolute atomic E-state index is 11.0. The lowest BCUT2D eigenvalue weighted by Gasteiger charge is -2.39. The van der Waals surface area contributed by atoms with Gasteiger partial charge in [-0.15, -0.1) is 11.6 Å². The van der Waals surface area contributed by atoms with Gasteiger partial charge in [0.1, 0.15) is 30.3 Å². The van der Waals surface area contributed by atoms with Crippen LogP contribution in [0.2, 0.25) is 0 Å². The number of nitrogens with one attached hydrogen (secondary N) is 1. The Hall–Kier alpha value is -0.440. The summed E-state index contributed by atoms with van der Waals surface area (Å²) in [6, 6.07) is 0. The van der Waals surface area contributed by atoms with Gasteiger partial charge < -0.3 is 30.5 Å². The fourth-order valence-electron chi connectivity index (χ4n) is 1.42. The number of amides is 1. The van der Waals surface area contributed by atoms with Gasteiger partial charge in [-0.3, -0.25) is 4.79 Å². The molecule has 8 heteroatoms. The molecular formula is C8H14ClNO6. The first kappa shape index (κ1) is 13.6. The Balaban J connectivity index is 2.67. The largest absolute Gasteiger partial charge is 0.394 e. The smallest absolute Gasteiger partial charge is 0.236 e. The molecule has 0 aromatic rings. The molecule has 1 rings (SSSR count). The van der Waals surface area contributed by atoms with E-state index < -0.39 is 43.2 Å². The maximum Gasteiger partial charge on any atom is 0.236 e. The summed E-state index contributed by atoms with van der Waals surface area (Å²) in [6.45, 7) is -0.543. The van der Waals surface area contributed by atoms with Crippen molar-refractivity contribution in [1.29, 1.82) is 0 Å². The van der Waals surface area contributed by atoms with Gasteiger partial charge in [-0.2, -0.15) is 0 Å². The third kappa shape index (κ3) is 2.82. The summed E-state index contributed by atoms with van der Waals surface area (Å²) >= 11 is 5.24. The molecule has 16 heavy (non-hydrogen) atoms. The van der Waals surface area contributed by atoms with Crippen molar-refractivity contribution in [3.05, 3.63) is 0 Å². The van der Waals surface area contributed by atoms with Gasteiger partial charge in [0.05, 0.1) is 6.61 Å². The highest BCUT2D eigenvalue weighted by atomic mass is 35.5. The van der Waals surface area contributed by atoms with Crippen molar-refractivity contribution in [2.75, 3.05) is 12.5 Å². The molecule has 1 amide bonds. The first-order chi connectivity index (χ1) is 7.51. The minimum Gasteiger partial charge on any atom is -0.394 e. The van der Waals surface area contributed by atoms with Crippen LogP contribution >= 0.6 is 11.6 Å². The minimum absolute atomic E-state index is 0.324. The molecule has 0 saturated carbocycles. The zero-order chi connectivity index (χ0) is 12.3. The van der Waals surface area contributed by atoms with Crippen LogP contribution in [0, 0.1) is 0 Å². The number of hydrogen-bond donors (Lipinski definition) is 5. The minimum atomic E-state index is -1.51. The quantitative estimate of drug-likeness (QED) is 0.346. The summed E-state index contributed by atoms with van der Waals surface area (Å²) in [4.78, 5) is 11.0. The van der Waals surface area contributed by atoms with Crippen molar-refractivity contribution in [3.8, 4) is 0 Å². The summed E-state index contributed by atoms with van der Waals surface area (Å²) in [5, 5.41) is 39.4. The van der Waals surface area contributed by atoms with Crippen molar-refractivity contribution >= 4 is 17.5 Å². The maximum atomic E-state index is 11.0. The highest BCUT2D eigenvalue weighted by molar-refractivity contribution is 6.27. The zero-order valence-electron chi connectivity index (χ0n) is 8.28. The van der Waals surface area contributed by atoms with Gasteiger partial charge in [-0.1, -0.05) is 0 Å². The fourth-order valence-corrected chi connectivity index (χ4v) is 1.50. The Morgan fingerprint density at radius 1 is 1.25 bits per heavy atom. The van der Waals surface area contributed by atoms with Gasteiger partial charge in [0.2, 0.25) is 5.91 Å². The Labute approximate surface area is 96.6 Å². The van der Waals surface area contributed by atoms with E-state index >= 15 is 0 Å². The second kappa shape index (κ2) is 5.76. The van der Waals surface area contributed by atoms with Crippen molar-refractivity contribution in [1.82, 2.24) is 5.32 Å². The molecule has 0 bridgehead atoms. The third-order valence-electron chi connectivity index (χ3n) is 2.32. The second-order valence-electron chi connectivity index (χ2n) is 3.45. The first-order valence-electron chi connectivity index (χ1n) is 4.67. The predicted octanol–water partition coefficient (Wildman–Crippen LogP) is -2.86. The summed E-state index contributed by atoms with van der Waals surface area (Å²) in [6.07, 6.45) is -6.68. The molecule has 0 radical (unpaired) electrons. The lowest BCUT2D eigenvalue weighted by molar-refractivity contribution is -0.235. The highest BCUT2D eigenvalue weighted by Gasteiger charge is 2.43. The van der Waals surface area contributed by atoms with Crippen LogP contribution in [0.1, 0.15) is 0 Å². The number of alkyl halides is 1. The summed E-state index contributed by atoms with van der Waals surface area (Å²) < 4.78 is 5.00. The van der Waals surface area contributed by atoms with Crippen LogP contribution in [0.5, 0.6) is 0 Å². The molecule has 1 aliphatic heterocycles. The number of aliphatic hydroxyl groups is 4. The molecule has 0 aromatic heterocycles. The van der Waals surface area contributed by atoms with Crippen LogP contribution < -0.4 is 5.32 Å². The lowest BCUT2D eigenvalue weighted by Crippen LogP contribution is -2.63. The number of halogens is 1. The molecule has 1 aliphatic rings. The van der Waals surface area contributed by atoms with Crippen molar-refractivity contribution in [3.63, 3.8) is 0 Å². The van der Waals surface area contributed by atoms with Crippen molar-refractivity contribution < 1.29 is 30.0 Å². The third-order valence-corrected chi connectivity index (χ3v) is 2.56. The number of carbonyl (C=O) groups excluding carboxylic acids is 1. The topological polar surface area (TPSA) is 119 Å². The van der Waals surface area contributed by atoms with Crippen LogP contribution in [0.3, 0.4) is 0 Å². The number of carbonyl (C=O) groups is 1. The van der Waals surface area contributed by atoms with Gasteiger partial charge in [0, 0.05) is 0 Å². The number of hydrogen-bond acceptors (Lipinski definition) is 6. The van der Waals surface area contributed by atoms with Gasteiger partial charge in [-0.25, -0.2) is 0 Å². The Morgan fingerprint density at radius 2 is 1.88 bits per heavy atom. The molecule has 94 valence electrons. The molecule has 5 N–H and O–H groups in total. The molecule has 0 unspecified atom stereocenters. The van der Waals surface area contributed by atoms with E-state index in [4.69, 9.17) is 21.4 Å². The molecular weight excluding hydrogens is 242 g/mol. The highest BCUT2D eigenvalue weighted by Crippen LogP contribution is 2.19. The average Bonchev–Trinajstić information content (AvgIpc) is 2.29. The molecule has 1 fully saturated rings. The summed E-state index contributed by atoms with van der Waals surface area (Å²) in [5.74, 6) is -0.916. The van der Waals surface area contributed by atoms with E-state index in [9.17, 15) is 20.1 Å². The molecule has 0 aliphatic carbocycles. The number of ether oxygens (including phenoxy) is 1. The van der Waals surface area contributed by atoms with Crippen LogP contribution in [-0.2, 0) is 9.53 Å². The van der Waals surface area contributed by atoms with Crippen molar-refractivity contribution in [2.24, 2.45) is 0 Å². The van der Waals surface area contributed by atoms with E-state index in [1.165, 1.54) is 0 Å². The second-order valence-corrected chi connectivity index (χ2v) is 3.72. The van der Waals surface area contributed by atoms with E-state index in [2.05, 4.69) is 5.32 Å². The van der Waals surface area contributed by atoms with E-state index in [1.54, 1.807) is 0 Å². The summed E-state index contributed by atoms with van der Waals surface area (Å²) in [7, 11) is 0. The number of rotatable bonds is 3. The van der Waals surface area contributed by atoms with Gasteiger partial charge in [0.25, 0.3) is 0 Å². The van der Waals surface area contributed by atoms with Crippen LogP contribution in [0.25, 0.3) is 0 Å². The average molecular weight is 256 g/mol. The standard InChI is InChI=1S/C8H14ClNO6/c9-1-4(12)10-8-7(15)6(14)5(13)3(2-11)16-8/h3,5-8,11,13-15H,1-2H2,(H,10,12)/t3-,5-,6+,7-,8+/m1/s1. The normalized spacial score (nSPS) is 39.4. The van der Waals surface area contributed by atoms with E-state index in [-0.39, 0.29) is 5.88 Å².